The Bertz CT molecular complexity index is 1080. The molecule has 4 aromatic rings. The quantitative estimate of drug-likeness (QED) is 0.342. The Labute approximate surface area is 162 Å². The van der Waals surface area contributed by atoms with Crippen LogP contribution in [0.1, 0.15) is 12.5 Å². The fraction of sp³-hybridized carbons (Fsp3) is 0.238. The maximum Gasteiger partial charge on any atom is 0.196 e. The summed E-state index contributed by atoms with van der Waals surface area (Å²) < 4.78 is 13.6. The van der Waals surface area contributed by atoms with Gasteiger partial charge in [0.05, 0.1) is 18.7 Å². The van der Waals surface area contributed by atoms with Crippen LogP contribution < -0.4 is 9.47 Å². The molecule has 0 saturated carbocycles. The van der Waals surface area contributed by atoms with Crippen LogP contribution >= 0.6 is 11.8 Å². The van der Waals surface area contributed by atoms with Gasteiger partial charge in [0.15, 0.2) is 22.3 Å². The van der Waals surface area contributed by atoms with Gasteiger partial charge in [-0.15, -0.1) is 10.2 Å². The van der Waals surface area contributed by atoms with Gasteiger partial charge in [-0.2, -0.15) is 0 Å². The van der Waals surface area contributed by atoms with E-state index in [4.69, 9.17) is 9.47 Å². The smallest absolute Gasteiger partial charge is 0.196 e. The topological polar surface area (TPSA) is 48.7 Å². The molecule has 0 aliphatic rings. The maximum atomic E-state index is 5.90. The molecule has 0 spiro atoms. The van der Waals surface area contributed by atoms with Crippen LogP contribution in [0.3, 0.4) is 0 Å². The van der Waals surface area contributed by atoms with Crippen LogP contribution in [-0.4, -0.2) is 33.6 Å². The number of para-hydroxylation sites is 3. The SMILES string of the molecule is CCOc1ccccc1OCCSc1nnc2cc(C)c3ccccc3n12. The van der Waals surface area contributed by atoms with Gasteiger partial charge in [-0.1, -0.05) is 42.1 Å². The lowest BCUT2D eigenvalue weighted by atomic mass is 10.1. The number of benzene rings is 2. The van der Waals surface area contributed by atoms with E-state index in [1.807, 2.05) is 37.3 Å². The van der Waals surface area contributed by atoms with E-state index in [1.54, 1.807) is 11.8 Å². The molecule has 6 heteroatoms. The number of nitrogens with zero attached hydrogens (tertiary/aromatic N) is 3. The molecule has 0 aliphatic heterocycles. The fourth-order valence-corrected chi connectivity index (χ4v) is 3.87. The van der Waals surface area contributed by atoms with Crippen molar-refractivity contribution in [2.24, 2.45) is 0 Å². The number of pyridine rings is 1. The minimum absolute atomic E-state index is 0.563. The second-order valence-corrected chi connectivity index (χ2v) is 7.16. The summed E-state index contributed by atoms with van der Waals surface area (Å²) in [6.07, 6.45) is 0. The van der Waals surface area contributed by atoms with Crippen LogP contribution in [0.5, 0.6) is 11.5 Å². The van der Waals surface area contributed by atoms with Crippen molar-refractivity contribution in [1.29, 1.82) is 0 Å². The molecule has 0 aliphatic carbocycles. The standard InChI is InChI=1S/C21H21N3O2S/c1-3-25-18-10-6-7-11-19(18)26-12-13-27-21-23-22-20-14-15(2)16-8-4-5-9-17(16)24(20)21/h4-11,14H,3,12-13H2,1-2H3. The van der Waals surface area contributed by atoms with Crippen molar-refractivity contribution in [2.75, 3.05) is 19.0 Å². The first-order chi connectivity index (χ1) is 13.3. The normalized spacial score (nSPS) is 11.2. The largest absolute Gasteiger partial charge is 0.490 e. The monoisotopic (exact) mass is 379 g/mol. The third kappa shape index (κ3) is 3.57. The number of ether oxygens (including phenoxy) is 2. The second kappa shape index (κ2) is 7.88. The zero-order valence-electron chi connectivity index (χ0n) is 15.4. The van der Waals surface area contributed by atoms with Crippen LogP contribution in [0.25, 0.3) is 16.6 Å². The van der Waals surface area contributed by atoms with E-state index in [0.29, 0.717) is 13.2 Å². The molecule has 0 atom stereocenters. The van der Waals surface area contributed by atoms with Gasteiger partial charge in [-0.05, 0) is 43.7 Å². The number of aryl methyl sites for hydroxylation is 1. The van der Waals surface area contributed by atoms with Crippen LogP contribution in [0.15, 0.2) is 59.8 Å². The molecular formula is C21H21N3O2S. The third-order valence-corrected chi connectivity index (χ3v) is 5.19. The van der Waals surface area contributed by atoms with E-state index in [0.717, 1.165) is 33.6 Å². The summed E-state index contributed by atoms with van der Waals surface area (Å²) in [6, 6.07) is 18.2. The molecule has 5 nitrogen and oxygen atoms in total. The summed E-state index contributed by atoms with van der Waals surface area (Å²) in [5.41, 5.74) is 3.21. The van der Waals surface area contributed by atoms with Gasteiger partial charge >= 0.3 is 0 Å². The zero-order valence-corrected chi connectivity index (χ0v) is 16.2. The predicted molar refractivity (Wildman–Crippen MR) is 109 cm³/mol. The molecule has 0 unspecified atom stereocenters. The molecule has 2 aromatic heterocycles. The minimum Gasteiger partial charge on any atom is -0.490 e. The van der Waals surface area contributed by atoms with Crippen molar-refractivity contribution in [2.45, 2.75) is 19.0 Å². The lowest BCUT2D eigenvalue weighted by Crippen LogP contribution is -2.03. The molecule has 0 N–H and O–H groups in total. The summed E-state index contributed by atoms with van der Waals surface area (Å²) in [6.45, 7) is 5.25. The average molecular weight is 379 g/mol. The van der Waals surface area contributed by atoms with Crippen molar-refractivity contribution in [3.63, 3.8) is 0 Å². The first-order valence-electron chi connectivity index (χ1n) is 8.99. The van der Waals surface area contributed by atoms with E-state index < -0.39 is 0 Å². The number of thioether (sulfide) groups is 1. The summed E-state index contributed by atoms with van der Waals surface area (Å²) in [5.74, 6) is 2.32. The molecule has 0 amide bonds. The van der Waals surface area contributed by atoms with Gasteiger partial charge in [-0.25, -0.2) is 0 Å². The summed E-state index contributed by atoms with van der Waals surface area (Å²) >= 11 is 1.64. The molecule has 0 fully saturated rings. The van der Waals surface area contributed by atoms with Gasteiger partial charge in [0.25, 0.3) is 0 Å². The Balaban J connectivity index is 1.50. The van der Waals surface area contributed by atoms with Gasteiger partial charge in [0.2, 0.25) is 0 Å². The lowest BCUT2D eigenvalue weighted by Gasteiger charge is -2.11. The summed E-state index contributed by atoms with van der Waals surface area (Å²) in [5, 5.41) is 10.8. The van der Waals surface area contributed by atoms with Gasteiger partial charge in [-0.3, -0.25) is 4.40 Å². The van der Waals surface area contributed by atoms with Gasteiger partial charge in [0, 0.05) is 11.1 Å². The van der Waals surface area contributed by atoms with E-state index in [1.165, 1.54) is 10.9 Å². The van der Waals surface area contributed by atoms with Gasteiger partial charge < -0.3 is 9.47 Å². The van der Waals surface area contributed by atoms with Crippen LogP contribution in [0.4, 0.5) is 0 Å². The van der Waals surface area contributed by atoms with Crippen molar-refractivity contribution < 1.29 is 9.47 Å². The zero-order chi connectivity index (χ0) is 18.6. The Morgan fingerprint density at radius 2 is 1.70 bits per heavy atom. The first kappa shape index (κ1) is 17.7. The molecule has 0 bridgehead atoms. The Morgan fingerprint density at radius 1 is 0.963 bits per heavy atom. The summed E-state index contributed by atoms with van der Waals surface area (Å²) in [7, 11) is 0. The molecule has 138 valence electrons. The van der Waals surface area contributed by atoms with Crippen molar-refractivity contribution in [3.05, 3.63) is 60.2 Å². The minimum atomic E-state index is 0.563. The molecule has 27 heavy (non-hydrogen) atoms. The number of fused-ring (bicyclic) bond motifs is 3. The molecular weight excluding hydrogens is 358 g/mol. The van der Waals surface area contributed by atoms with Crippen LogP contribution in [-0.2, 0) is 0 Å². The third-order valence-electron chi connectivity index (χ3n) is 4.29. The van der Waals surface area contributed by atoms with Crippen molar-refractivity contribution in [3.8, 4) is 11.5 Å². The Hall–Kier alpha value is -2.73. The van der Waals surface area contributed by atoms with Gasteiger partial charge in [0.1, 0.15) is 0 Å². The second-order valence-electron chi connectivity index (χ2n) is 6.10. The van der Waals surface area contributed by atoms with E-state index in [9.17, 15) is 0 Å². The van der Waals surface area contributed by atoms with Crippen LogP contribution in [0, 0.1) is 6.92 Å². The Morgan fingerprint density at radius 3 is 2.52 bits per heavy atom. The fourth-order valence-electron chi connectivity index (χ4n) is 3.10. The highest BCUT2D eigenvalue weighted by molar-refractivity contribution is 7.99. The maximum absolute atomic E-state index is 5.90. The molecule has 2 heterocycles. The highest BCUT2D eigenvalue weighted by Crippen LogP contribution is 2.28. The summed E-state index contributed by atoms with van der Waals surface area (Å²) in [4.78, 5) is 0. The van der Waals surface area contributed by atoms with E-state index >= 15 is 0 Å². The highest BCUT2D eigenvalue weighted by atomic mass is 32.2. The van der Waals surface area contributed by atoms with Crippen molar-refractivity contribution in [1.82, 2.24) is 14.6 Å². The first-order valence-corrected chi connectivity index (χ1v) is 9.97. The molecule has 0 saturated heterocycles. The number of hydrogen-bond acceptors (Lipinski definition) is 5. The lowest BCUT2D eigenvalue weighted by molar-refractivity contribution is 0.289. The number of hydrogen-bond donors (Lipinski definition) is 0. The van der Waals surface area contributed by atoms with E-state index in [-0.39, 0.29) is 0 Å². The number of rotatable bonds is 7. The average Bonchev–Trinajstić information content (AvgIpc) is 3.10. The predicted octanol–water partition coefficient (Wildman–Crippen LogP) is 4.76. The Kier molecular flexibility index (Phi) is 5.16. The molecule has 0 radical (unpaired) electrons. The number of aromatic nitrogens is 3. The highest BCUT2D eigenvalue weighted by Gasteiger charge is 2.11. The van der Waals surface area contributed by atoms with Crippen molar-refractivity contribution >= 4 is 28.3 Å². The van der Waals surface area contributed by atoms with Crippen LogP contribution in [0.2, 0.25) is 0 Å². The molecule has 2 aromatic carbocycles. The molecule has 4 rings (SSSR count). The van der Waals surface area contributed by atoms with E-state index in [2.05, 4.69) is 45.8 Å².